The SMILES string of the molecule is Cc1ccnc(NC(=O)CN(C)S(=O)(=O)c2ccc3c(c2)OCCO3)c1. The Morgan fingerprint density at radius 2 is 1.92 bits per heavy atom. The third kappa shape index (κ3) is 3.94. The maximum absolute atomic E-state index is 12.7. The van der Waals surface area contributed by atoms with Crippen LogP contribution in [-0.4, -0.2) is 50.4 Å². The Morgan fingerprint density at radius 3 is 2.65 bits per heavy atom. The Balaban J connectivity index is 1.71. The zero-order valence-corrected chi connectivity index (χ0v) is 15.2. The Labute approximate surface area is 151 Å². The number of benzene rings is 1. The first-order valence-electron chi connectivity index (χ1n) is 7.95. The number of anilines is 1. The van der Waals surface area contributed by atoms with Gasteiger partial charge in [0.1, 0.15) is 19.0 Å². The van der Waals surface area contributed by atoms with Crippen LogP contribution in [0.5, 0.6) is 11.5 Å². The van der Waals surface area contributed by atoms with Crippen LogP contribution in [0.4, 0.5) is 5.82 Å². The molecule has 2 heterocycles. The van der Waals surface area contributed by atoms with Crippen LogP contribution in [0.3, 0.4) is 0 Å². The van der Waals surface area contributed by atoms with Crippen molar-refractivity contribution in [3.8, 4) is 11.5 Å². The summed E-state index contributed by atoms with van der Waals surface area (Å²) in [6.45, 7) is 2.31. The summed E-state index contributed by atoms with van der Waals surface area (Å²) in [5, 5.41) is 2.59. The molecule has 0 bridgehead atoms. The minimum atomic E-state index is -3.85. The summed E-state index contributed by atoms with van der Waals surface area (Å²) in [4.78, 5) is 16.2. The largest absolute Gasteiger partial charge is 0.486 e. The molecule has 2 aromatic rings. The maximum Gasteiger partial charge on any atom is 0.243 e. The molecule has 0 saturated heterocycles. The maximum atomic E-state index is 12.7. The summed E-state index contributed by atoms with van der Waals surface area (Å²) in [6.07, 6.45) is 1.57. The van der Waals surface area contributed by atoms with Crippen molar-refractivity contribution in [3.05, 3.63) is 42.1 Å². The molecule has 0 unspecified atom stereocenters. The van der Waals surface area contributed by atoms with Gasteiger partial charge in [0.2, 0.25) is 15.9 Å². The molecule has 0 atom stereocenters. The van der Waals surface area contributed by atoms with Crippen molar-refractivity contribution in [2.24, 2.45) is 0 Å². The first-order valence-corrected chi connectivity index (χ1v) is 9.39. The number of aryl methyl sites for hydroxylation is 1. The number of hydrogen-bond donors (Lipinski definition) is 1. The molecule has 1 amide bonds. The van der Waals surface area contributed by atoms with Crippen LogP contribution < -0.4 is 14.8 Å². The van der Waals surface area contributed by atoms with Gasteiger partial charge in [-0.05, 0) is 36.8 Å². The lowest BCUT2D eigenvalue weighted by molar-refractivity contribution is -0.116. The monoisotopic (exact) mass is 377 g/mol. The second-order valence-corrected chi connectivity index (χ2v) is 7.88. The van der Waals surface area contributed by atoms with Crippen molar-refractivity contribution in [2.45, 2.75) is 11.8 Å². The van der Waals surface area contributed by atoms with E-state index in [1.54, 1.807) is 24.4 Å². The molecule has 0 fully saturated rings. The van der Waals surface area contributed by atoms with Crippen LogP contribution >= 0.6 is 0 Å². The van der Waals surface area contributed by atoms with Gasteiger partial charge < -0.3 is 14.8 Å². The predicted molar refractivity (Wildman–Crippen MR) is 94.9 cm³/mol. The number of hydrogen-bond acceptors (Lipinski definition) is 6. The van der Waals surface area contributed by atoms with Crippen molar-refractivity contribution >= 4 is 21.7 Å². The lowest BCUT2D eigenvalue weighted by Crippen LogP contribution is -2.35. The number of rotatable bonds is 5. The minimum absolute atomic E-state index is 0.0331. The van der Waals surface area contributed by atoms with Crippen molar-refractivity contribution in [2.75, 3.05) is 32.1 Å². The average Bonchev–Trinajstić information content (AvgIpc) is 2.61. The quantitative estimate of drug-likeness (QED) is 0.846. The van der Waals surface area contributed by atoms with E-state index in [9.17, 15) is 13.2 Å². The molecular weight excluding hydrogens is 358 g/mol. The first kappa shape index (κ1) is 18.2. The molecule has 26 heavy (non-hydrogen) atoms. The van der Waals surface area contributed by atoms with E-state index in [0.717, 1.165) is 9.87 Å². The molecule has 0 radical (unpaired) electrons. The van der Waals surface area contributed by atoms with Gasteiger partial charge in [0, 0.05) is 19.3 Å². The number of likely N-dealkylation sites (N-methyl/N-ethyl adjacent to an activating group) is 1. The third-order valence-corrected chi connectivity index (χ3v) is 5.57. The zero-order chi connectivity index (χ0) is 18.7. The molecule has 0 aliphatic carbocycles. The molecule has 8 nitrogen and oxygen atoms in total. The fraction of sp³-hybridized carbons (Fsp3) is 0.294. The molecule has 1 aliphatic heterocycles. The highest BCUT2D eigenvalue weighted by molar-refractivity contribution is 7.89. The summed E-state index contributed by atoms with van der Waals surface area (Å²) >= 11 is 0. The highest BCUT2D eigenvalue weighted by Crippen LogP contribution is 2.32. The van der Waals surface area contributed by atoms with Gasteiger partial charge in [-0.2, -0.15) is 4.31 Å². The third-order valence-electron chi connectivity index (χ3n) is 3.77. The number of ether oxygens (including phenoxy) is 2. The standard InChI is InChI=1S/C17H19N3O5S/c1-12-5-6-18-16(9-12)19-17(21)11-20(2)26(22,23)13-3-4-14-15(10-13)25-8-7-24-14/h3-6,9-10H,7-8,11H2,1-2H3,(H,18,19,21). The van der Waals surface area contributed by atoms with Crippen LogP contribution in [0.1, 0.15) is 5.56 Å². The van der Waals surface area contributed by atoms with Gasteiger partial charge in [0.25, 0.3) is 0 Å². The summed E-state index contributed by atoms with van der Waals surface area (Å²) in [7, 11) is -2.51. The number of aromatic nitrogens is 1. The van der Waals surface area contributed by atoms with E-state index in [2.05, 4.69) is 10.3 Å². The van der Waals surface area contributed by atoms with Gasteiger partial charge in [0.15, 0.2) is 11.5 Å². The molecule has 1 aromatic heterocycles. The van der Waals surface area contributed by atoms with Crippen molar-refractivity contribution < 1.29 is 22.7 Å². The fourth-order valence-electron chi connectivity index (χ4n) is 2.44. The molecule has 3 rings (SSSR count). The van der Waals surface area contributed by atoms with Crippen molar-refractivity contribution in [1.29, 1.82) is 0 Å². The number of pyridine rings is 1. The molecule has 1 aliphatic rings. The van der Waals surface area contributed by atoms with Crippen LogP contribution in [-0.2, 0) is 14.8 Å². The summed E-state index contributed by atoms with van der Waals surface area (Å²) in [5.41, 5.74) is 0.938. The molecule has 138 valence electrons. The highest BCUT2D eigenvalue weighted by Gasteiger charge is 2.25. The predicted octanol–water partition coefficient (Wildman–Crippen LogP) is 1.42. The van der Waals surface area contributed by atoms with Gasteiger partial charge >= 0.3 is 0 Å². The Morgan fingerprint density at radius 1 is 1.19 bits per heavy atom. The topological polar surface area (TPSA) is 97.8 Å². The van der Waals surface area contributed by atoms with Gasteiger partial charge in [-0.3, -0.25) is 4.79 Å². The molecular formula is C17H19N3O5S. The van der Waals surface area contributed by atoms with E-state index in [0.29, 0.717) is 30.5 Å². The van der Waals surface area contributed by atoms with E-state index < -0.39 is 15.9 Å². The van der Waals surface area contributed by atoms with E-state index in [1.165, 1.54) is 19.2 Å². The lowest BCUT2D eigenvalue weighted by Gasteiger charge is -2.21. The number of carbonyl (C=O) groups is 1. The summed E-state index contributed by atoms with van der Waals surface area (Å²) in [6, 6.07) is 7.88. The molecule has 1 aromatic carbocycles. The molecule has 0 spiro atoms. The molecule has 1 N–H and O–H groups in total. The first-order chi connectivity index (χ1) is 12.4. The van der Waals surface area contributed by atoms with Crippen LogP contribution in [0.25, 0.3) is 0 Å². The number of amides is 1. The van der Waals surface area contributed by atoms with Gasteiger partial charge in [-0.1, -0.05) is 0 Å². The minimum Gasteiger partial charge on any atom is -0.486 e. The normalized spacial score (nSPS) is 13.5. The van der Waals surface area contributed by atoms with Crippen LogP contribution in [0, 0.1) is 6.92 Å². The van der Waals surface area contributed by atoms with Crippen LogP contribution in [0.2, 0.25) is 0 Å². The van der Waals surface area contributed by atoms with Gasteiger partial charge in [-0.25, -0.2) is 13.4 Å². The molecule has 9 heteroatoms. The second kappa shape index (κ2) is 7.30. The van der Waals surface area contributed by atoms with Crippen LogP contribution in [0.15, 0.2) is 41.4 Å². The van der Waals surface area contributed by atoms with Gasteiger partial charge in [0.05, 0.1) is 11.4 Å². The smallest absolute Gasteiger partial charge is 0.243 e. The van der Waals surface area contributed by atoms with Crippen molar-refractivity contribution in [1.82, 2.24) is 9.29 Å². The number of nitrogens with one attached hydrogen (secondary N) is 1. The zero-order valence-electron chi connectivity index (χ0n) is 14.4. The Bertz CT molecular complexity index is 930. The lowest BCUT2D eigenvalue weighted by atomic mass is 10.3. The summed E-state index contributed by atoms with van der Waals surface area (Å²) < 4.78 is 37.2. The van der Waals surface area contributed by atoms with Gasteiger partial charge in [-0.15, -0.1) is 0 Å². The Hall–Kier alpha value is -2.65. The second-order valence-electron chi connectivity index (χ2n) is 5.83. The molecule has 0 saturated carbocycles. The number of carbonyl (C=O) groups excluding carboxylic acids is 1. The van der Waals surface area contributed by atoms with Crippen molar-refractivity contribution in [3.63, 3.8) is 0 Å². The number of nitrogens with zero attached hydrogens (tertiary/aromatic N) is 2. The highest BCUT2D eigenvalue weighted by atomic mass is 32.2. The summed E-state index contributed by atoms with van der Waals surface area (Å²) in [5.74, 6) is 0.770. The Kier molecular flexibility index (Phi) is 5.10. The number of fused-ring (bicyclic) bond motifs is 1. The number of sulfonamides is 1. The van der Waals surface area contributed by atoms with E-state index in [-0.39, 0.29) is 11.4 Å². The van der Waals surface area contributed by atoms with E-state index in [4.69, 9.17) is 9.47 Å². The van der Waals surface area contributed by atoms with E-state index >= 15 is 0 Å². The fourth-order valence-corrected chi connectivity index (χ4v) is 3.58. The van der Waals surface area contributed by atoms with E-state index in [1.807, 2.05) is 6.92 Å². The average molecular weight is 377 g/mol.